The Hall–Kier alpha value is -1.40. The molecule has 1 aromatic heterocycles. The number of aromatic nitrogens is 1. The van der Waals surface area contributed by atoms with E-state index < -0.39 is 6.10 Å². The zero-order valence-corrected chi connectivity index (χ0v) is 11.3. The largest absolute Gasteiger partial charge is 0.392 e. The summed E-state index contributed by atoms with van der Waals surface area (Å²) in [4.78, 5) is 13.7. The van der Waals surface area contributed by atoms with Crippen LogP contribution in [0.5, 0.6) is 0 Å². The smallest absolute Gasteiger partial charge is 0.240 e. The molecule has 0 saturated carbocycles. The number of hydrogen-bond donors (Lipinski definition) is 2. The van der Waals surface area contributed by atoms with Crippen LogP contribution in [0.15, 0.2) is 10.6 Å². The Balaban J connectivity index is 2.51. The minimum atomic E-state index is -0.465. The molecule has 0 aliphatic heterocycles. The first-order valence-corrected chi connectivity index (χ1v) is 6.03. The molecule has 1 heterocycles. The summed E-state index contributed by atoms with van der Waals surface area (Å²) in [6, 6.07) is 1.84. The van der Waals surface area contributed by atoms with Crippen molar-refractivity contribution in [2.24, 2.45) is 0 Å². The second-order valence-electron chi connectivity index (χ2n) is 4.75. The fraction of sp³-hybridized carbons (Fsp3) is 0.667. The fourth-order valence-electron chi connectivity index (χ4n) is 1.58. The third-order valence-electron chi connectivity index (χ3n) is 2.47. The molecule has 102 valence electrons. The third kappa shape index (κ3) is 4.85. The molecule has 0 saturated heterocycles. The van der Waals surface area contributed by atoms with E-state index in [2.05, 4.69) is 10.5 Å². The number of carbonyl (C=O) groups excluding carboxylic acids is 1. The Morgan fingerprint density at radius 1 is 1.56 bits per heavy atom. The quantitative estimate of drug-likeness (QED) is 0.793. The number of amides is 1. The normalized spacial score (nSPS) is 13.1. The number of nitrogens with zero attached hydrogens (tertiary/aromatic N) is 2. The van der Waals surface area contributed by atoms with Crippen molar-refractivity contribution in [2.45, 2.75) is 39.8 Å². The lowest BCUT2D eigenvalue weighted by atomic mass is 10.2. The van der Waals surface area contributed by atoms with Gasteiger partial charge in [0.05, 0.1) is 18.3 Å². The van der Waals surface area contributed by atoms with E-state index in [1.54, 1.807) is 19.9 Å². The van der Waals surface area contributed by atoms with Gasteiger partial charge in [0.2, 0.25) is 11.8 Å². The summed E-state index contributed by atoms with van der Waals surface area (Å²) in [6.07, 6.45) is -0.465. The van der Waals surface area contributed by atoms with E-state index in [0.717, 1.165) is 5.69 Å². The van der Waals surface area contributed by atoms with Gasteiger partial charge in [0.1, 0.15) is 0 Å². The maximum Gasteiger partial charge on any atom is 0.240 e. The van der Waals surface area contributed by atoms with Gasteiger partial charge >= 0.3 is 0 Å². The van der Waals surface area contributed by atoms with Crippen molar-refractivity contribution in [3.8, 4) is 0 Å². The number of aliphatic hydroxyl groups is 1. The maximum atomic E-state index is 11.8. The Kier molecular flexibility index (Phi) is 5.30. The van der Waals surface area contributed by atoms with E-state index in [1.807, 2.05) is 18.7 Å². The molecule has 1 rings (SSSR count). The van der Waals surface area contributed by atoms with Crippen molar-refractivity contribution in [1.82, 2.24) is 10.1 Å². The van der Waals surface area contributed by atoms with Gasteiger partial charge in [0.15, 0.2) is 0 Å². The zero-order valence-electron chi connectivity index (χ0n) is 11.3. The first-order chi connectivity index (χ1) is 8.38. The van der Waals surface area contributed by atoms with Crippen LogP contribution in [0.3, 0.4) is 0 Å². The second kappa shape index (κ2) is 6.51. The number of hydrogen-bond acceptors (Lipinski definition) is 5. The SMILES string of the molecule is Cc1cc(NC(=O)CN(CC(C)O)C(C)C)on1. The van der Waals surface area contributed by atoms with Crippen LogP contribution in [0.25, 0.3) is 0 Å². The molecule has 0 aliphatic carbocycles. The van der Waals surface area contributed by atoms with E-state index >= 15 is 0 Å². The summed E-state index contributed by atoms with van der Waals surface area (Å²) in [5.74, 6) is 0.166. The minimum Gasteiger partial charge on any atom is -0.392 e. The first-order valence-electron chi connectivity index (χ1n) is 6.03. The molecular weight excluding hydrogens is 234 g/mol. The summed E-state index contributed by atoms with van der Waals surface area (Å²) in [6.45, 7) is 8.12. The Morgan fingerprint density at radius 2 is 2.22 bits per heavy atom. The van der Waals surface area contributed by atoms with Gasteiger partial charge in [0, 0.05) is 18.7 Å². The van der Waals surface area contributed by atoms with E-state index in [0.29, 0.717) is 12.4 Å². The highest BCUT2D eigenvalue weighted by atomic mass is 16.5. The molecule has 2 N–H and O–H groups in total. The van der Waals surface area contributed by atoms with Crippen LogP contribution in [0.1, 0.15) is 26.5 Å². The van der Waals surface area contributed by atoms with Gasteiger partial charge in [0.25, 0.3) is 0 Å². The highest BCUT2D eigenvalue weighted by Gasteiger charge is 2.16. The van der Waals surface area contributed by atoms with E-state index in [-0.39, 0.29) is 18.5 Å². The molecule has 1 atom stereocenters. The van der Waals surface area contributed by atoms with Gasteiger partial charge < -0.3 is 9.63 Å². The fourth-order valence-corrected chi connectivity index (χ4v) is 1.58. The third-order valence-corrected chi connectivity index (χ3v) is 2.47. The van der Waals surface area contributed by atoms with Crippen LogP contribution in [0, 0.1) is 6.92 Å². The topological polar surface area (TPSA) is 78.6 Å². The molecule has 0 fully saturated rings. The Labute approximate surface area is 107 Å². The molecule has 6 nitrogen and oxygen atoms in total. The molecule has 0 aliphatic rings. The van der Waals surface area contributed by atoms with Crippen LogP contribution in [-0.2, 0) is 4.79 Å². The number of aryl methyl sites for hydroxylation is 1. The molecule has 0 aromatic carbocycles. The lowest BCUT2D eigenvalue weighted by molar-refractivity contribution is -0.118. The average Bonchev–Trinajstić information content (AvgIpc) is 2.62. The van der Waals surface area contributed by atoms with Gasteiger partial charge in [-0.25, -0.2) is 0 Å². The lowest BCUT2D eigenvalue weighted by Crippen LogP contribution is -2.41. The van der Waals surface area contributed by atoms with Gasteiger partial charge in [-0.15, -0.1) is 0 Å². The monoisotopic (exact) mass is 255 g/mol. The van der Waals surface area contributed by atoms with Crippen LogP contribution in [0.4, 0.5) is 5.88 Å². The number of carbonyl (C=O) groups is 1. The Morgan fingerprint density at radius 3 is 2.67 bits per heavy atom. The molecule has 1 amide bonds. The van der Waals surface area contributed by atoms with Crippen molar-refractivity contribution in [3.05, 3.63) is 11.8 Å². The molecule has 18 heavy (non-hydrogen) atoms. The van der Waals surface area contributed by atoms with Crippen molar-refractivity contribution >= 4 is 11.8 Å². The lowest BCUT2D eigenvalue weighted by Gasteiger charge is -2.26. The molecule has 1 aromatic rings. The highest BCUT2D eigenvalue weighted by Crippen LogP contribution is 2.08. The highest BCUT2D eigenvalue weighted by molar-refractivity contribution is 5.90. The van der Waals surface area contributed by atoms with Crippen molar-refractivity contribution < 1.29 is 14.4 Å². The summed E-state index contributed by atoms with van der Waals surface area (Å²) in [5, 5.41) is 15.7. The van der Waals surface area contributed by atoms with Gasteiger partial charge in [-0.2, -0.15) is 0 Å². The maximum absolute atomic E-state index is 11.8. The summed E-state index contributed by atoms with van der Waals surface area (Å²) >= 11 is 0. The van der Waals surface area contributed by atoms with Gasteiger partial charge in [-0.3, -0.25) is 15.0 Å². The molecule has 6 heteroatoms. The molecule has 0 spiro atoms. The number of nitrogens with one attached hydrogen (secondary N) is 1. The summed E-state index contributed by atoms with van der Waals surface area (Å²) in [5.41, 5.74) is 0.718. The van der Waals surface area contributed by atoms with Crippen LogP contribution in [-0.4, -0.2) is 46.3 Å². The number of anilines is 1. The van der Waals surface area contributed by atoms with Gasteiger partial charge in [-0.1, -0.05) is 5.16 Å². The second-order valence-corrected chi connectivity index (χ2v) is 4.75. The molecule has 0 radical (unpaired) electrons. The predicted octanol–water partition coefficient (Wildman–Crippen LogP) is 1.01. The van der Waals surface area contributed by atoms with Crippen LogP contribution in [0.2, 0.25) is 0 Å². The predicted molar refractivity (Wildman–Crippen MR) is 68.3 cm³/mol. The zero-order chi connectivity index (χ0) is 13.7. The van der Waals surface area contributed by atoms with Crippen molar-refractivity contribution in [3.63, 3.8) is 0 Å². The minimum absolute atomic E-state index is 0.180. The molecule has 0 bridgehead atoms. The summed E-state index contributed by atoms with van der Waals surface area (Å²) in [7, 11) is 0. The number of aliphatic hydroxyl groups excluding tert-OH is 1. The summed E-state index contributed by atoms with van der Waals surface area (Å²) < 4.78 is 4.91. The molecular formula is C12H21N3O3. The first kappa shape index (κ1) is 14.7. The van der Waals surface area contributed by atoms with Crippen LogP contribution < -0.4 is 5.32 Å². The van der Waals surface area contributed by atoms with E-state index in [4.69, 9.17) is 4.52 Å². The molecule has 1 unspecified atom stereocenters. The van der Waals surface area contributed by atoms with Gasteiger partial charge in [-0.05, 0) is 27.7 Å². The van der Waals surface area contributed by atoms with E-state index in [9.17, 15) is 9.90 Å². The average molecular weight is 255 g/mol. The van der Waals surface area contributed by atoms with Crippen molar-refractivity contribution in [2.75, 3.05) is 18.4 Å². The van der Waals surface area contributed by atoms with Crippen molar-refractivity contribution in [1.29, 1.82) is 0 Å². The number of rotatable bonds is 6. The van der Waals surface area contributed by atoms with Crippen LogP contribution >= 0.6 is 0 Å². The van der Waals surface area contributed by atoms with E-state index in [1.165, 1.54) is 0 Å². The standard InChI is InChI=1S/C12H21N3O3/c1-8(2)15(6-10(4)16)7-11(17)13-12-5-9(3)14-18-12/h5,8,10,16H,6-7H2,1-4H3,(H,13,17). The Bertz CT molecular complexity index is 388.